The number of hydrogen-bond acceptors (Lipinski definition) is 15. The van der Waals surface area contributed by atoms with E-state index in [1.807, 2.05) is 0 Å². The Hall–Kier alpha value is -1.94. The molecule has 19 heteroatoms. The third kappa shape index (κ3) is 70.5. The summed E-state index contributed by atoms with van der Waals surface area (Å²) < 4.78 is 68.5. The van der Waals surface area contributed by atoms with Gasteiger partial charge >= 0.3 is 39.5 Å². The Labute approximate surface area is 588 Å². The van der Waals surface area contributed by atoms with Crippen molar-refractivity contribution in [2.24, 2.45) is 11.8 Å². The molecule has 0 spiro atoms. The lowest BCUT2D eigenvalue weighted by Crippen LogP contribution is -2.30. The summed E-state index contributed by atoms with van der Waals surface area (Å²) in [5.41, 5.74) is 0. The minimum Gasteiger partial charge on any atom is -0.462 e. The van der Waals surface area contributed by atoms with Crippen LogP contribution in [0.3, 0.4) is 0 Å². The smallest absolute Gasteiger partial charge is 0.462 e. The lowest BCUT2D eigenvalue weighted by Gasteiger charge is -2.21. The summed E-state index contributed by atoms with van der Waals surface area (Å²) in [4.78, 5) is 72.8. The van der Waals surface area contributed by atoms with Gasteiger partial charge in [0.05, 0.1) is 26.4 Å². The molecule has 0 bridgehead atoms. The van der Waals surface area contributed by atoms with Gasteiger partial charge < -0.3 is 33.8 Å². The molecule has 0 aromatic rings. The lowest BCUT2D eigenvalue weighted by molar-refractivity contribution is -0.161. The molecule has 0 amide bonds. The molecule has 0 aliphatic rings. The van der Waals surface area contributed by atoms with Crippen molar-refractivity contribution in [3.05, 3.63) is 0 Å². The summed E-state index contributed by atoms with van der Waals surface area (Å²) in [6.07, 6.45) is 57.1. The molecule has 0 heterocycles. The summed E-state index contributed by atoms with van der Waals surface area (Å²) >= 11 is 0. The predicted octanol–water partition coefficient (Wildman–Crippen LogP) is 22.7. The van der Waals surface area contributed by atoms with Gasteiger partial charge in [-0.25, -0.2) is 9.13 Å². The van der Waals surface area contributed by atoms with Crippen LogP contribution < -0.4 is 0 Å². The number of phosphoric ester groups is 2. The molecule has 0 saturated heterocycles. The Kier molecular flexibility index (Phi) is 67.4. The first-order valence-corrected chi connectivity index (χ1v) is 43.0. The first-order chi connectivity index (χ1) is 46.4. The van der Waals surface area contributed by atoms with Crippen molar-refractivity contribution in [3.8, 4) is 0 Å². The van der Waals surface area contributed by atoms with Crippen LogP contribution in [0.2, 0.25) is 0 Å². The zero-order chi connectivity index (χ0) is 70.7. The highest BCUT2D eigenvalue weighted by molar-refractivity contribution is 7.47. The monoisotopic (exact) mass is 1410 g/mol. The van der Waals surface area contributed by atoms with Crippen LogP contribution in [0.5, 0.6) is 0 Å². The van der Waals surface area contributed by atoms with Gasteiger partial charge in [-0.1, -0.05) is 350 Å². The van der Waals surface area contributed by atoms with E-state index in [9.17, 15) is 43.2 Å². The van der Waals surface area contributed by atoms with Crippen molar-refractivity contribution in [1.29, 1.82) is 0 Å². The van der Waals surface area contributed by atoms with Gasteiger partial charge in [0.25, 0.3) is 0 Å². The van der Waals surface area contributed by atoms with Crippen LogP contribution in [-0.2, 0) is 65.4 Å². The fourth-order valence-corrected chi connectivity index (χ4v) is 13.4. The lowest BCUT2D eigenvalue weighted by atomic mass is 10.0. The van der Waals surface area contributed by atoms with Crippen LogP contribution in [0.4, 0.5) is 0 Å². The fourth-order valence-electron chi connectivity index (χ4n) is 11.8. The summed E-state index contributed by atoms with van der Waals surface area (Å²) in [7, 11) is -9.91. The van der Waals surface area contributed by atoms with E-state index in [1.54, 1.807) is 0 Å². The van der Waals surface area contributed by atoms with Gasteiger partial charge in [-0.2, -0.15) is 0 Å². The average molecular weight is 1410 g/mol. The zero-order valence-corrected chi connectivity index (χ0v) is 64.5. The number of esters is 4. The SMILES string of the molecule is CCCCCCCCCCCCCCCCCCCCC(=O)O[C@H](COC(=O)CCCCCCCCCCCCCCCCCCC)COP(=O)(O)OC[C@@H](O)COP(=O)(O)OC[C@@H](COC(=O)CCCCCCCCC(C)C)OC(=O)CCCCCCCCCCCC(C)C. The maximum Gasteiger partial charge on any atom is 0.472 e. The van der Waals surface area contributed by atoms with Gasteiger partial charge in [-0.15, -0.1) is 0 Å². The van der Waals surface area contributed by atoms with E-state index in [1.165, 1.54) is 212 Å². The highest BCUT2D eigenvalue weighted by Gasteiger charge is 2.30. The standard InChI is InChI=1S/C77H150O17P2/c1-7-9-11-13-15-17-19-21-23-25-27-29-31-33-37-41-49-55-61-76(81)93-72(65-87-74(79)59-53-47-40-36-32-30-28-26-24-22-20-18-16-14-12-10-8-2)67-91-95(83,84)89-63-71(78)64-90-96(85,86)92-68-73(66-88-75(80)60-54-48-44-43-46-52-58-70(5)6)94-77(82)62-56-50-42-38-34-35-39-45-51-57-69(3)4/h69-73,78H,7-68H2,1-6H3,(H,83,84)(H,85,86)/t71-,72-,73-/m1/s1. The van der Waals surface area contributed by atoms with Crippen molar-refractivity contribution < 1.29 is 80.2 Å². The summed E-state index contributed by atoms with van der Waals surface area (Å²) in [6.45, 7) is 9.50. The molecule has 5 atom stereocenters. The number of phosphoric acid groups is 2. The summed E-state index contributed by atoms with van der Waals surface area (Å²) in [5.74, 6) is -0.701. The van der Waals surface area contributed by atoms with Crippen LogP contribution in [0.15, 0.2) is 0 Å². The molecule has 0 saturated carbocycles. The number of ether oxygens (including phenoxy) is 4. The number of hydrogen-bond donors (Lipinski definition) is 3. The first kappa shape index (κ1) is 94.1. The van der Waals surface area contributed by atoms with Crippen molar-refractivity contribution in [2.45, 2.75) is 419 Å². The molecule has 17 nitrogen and oxygen atoms in total. The van der Waals surface area contributed by atoms with Crippen LogP contribution in [0.1, 0.15) is 401 Å². The quantitative estimate of drug-likeness (QED) is 0.0222. The molecule has 96 heavy (non-hydrogen) atoms. The Morgan fingerprint density at radius 2 is 0.479 bits per heavy atom. The number of unbranched alkanes of at least 4 members (excludes halogenated alkanes) is 46. The number of rotatable bonds is 76. The third-order valence-corrected chi connectivity index (χ3v) is 19.9. The second kappa shape index (κ2) is 68.8. The molecule has 0 fully saturated rings. The largest absolute Gasteiger partial charge is 0.472 e. The molecule has 0 aromatic carbocycles. The Bertz CT molecular complexity index is 1860. The molecule has 0 aliphatic heterocycles. The highest BCUT2D eigenvalue weighted by Crippen LogP contribution is 2.45. The Morgan fingerprint density at radius 3 is 0.708 bits per heavy atom. The second-order valence-corrected chi connectivity index (χ2v) is 31.6. The van der Waals surface area contributed by atoms with Crippen molar-refractivity contribution in [3.63, 3.8) is 0 Å². The Morgan fingerprint density at radius 1 is 0.281 bits per heavy atom. The van der Waals surface area contributed by atoms with Crippen molar-refractivity contribution in [1.82, 2.24) is 0 Å². The van der Waals surface area contributed by atoms with E-state index in [0.717, 1.165) is 102 Å². The normalized spacial score (nSPS) is 14.0. The molecule has 0 aromatic heterocycles. The van der Waals surface area contributed by atoms with E-state index in [-0.39, 0.29) is 25.7 Å². The molecule has 3 N–H and O–H groups in total. The number of aliphatic hydroxyl groups is 1. The second-order valence-electron chi connectivity index (χ2n) is 28.7. The summed E-state index contributed by atoms with van der Waals surface area (Å²) in [6, 6.07) is 0. The van der Waals surface area contributed by atoms with E-state index in [2.05, 4.69) is 41.5 Å². The fraction of sp³-hybridized carbons (Fsp3) is 0.948. The van der Waals surface area contributed by atoms with Crippen molar-refractivity contribution in [2.75, 3.05) is 39.6 Å². The van der Waals surface area contributed by atoms with E-state index in [4.69, 9.17) is 37.0 Å². The molecular formula is C77H150O17P2. The number of aliphatic hydroxyl groups excluding tert-OH is 1. The number of carbonyl (C=O) groups excluding carboxylic acids is 4. The highest BCUT2D eigenvalue weighted by atomic mass is 31.2. The minimum absolute atomic E-state index is 0.104. The molecule has 0 aliphatic carbocycles. The van der Waals surface area contributed by atoms with Gasteiger partial charge in [0.15, 0.2) is 12.2 Å². The van der Waals surface area contributed by atoms with Gasteiger partial charge in [0.2, 0.25) is 0 Å². The zero-order valence-electron chi connectivity index (χ0n) is 62.7. The molecule has 2 unspecified atom stereocenters. The van der Waals surface area contributed by atoms with Crippen LogP contribution in [0, 0.1) is 11.8 Å². The maximum absolute atomic E-state index is 13.1. The molecular weight excluding hydrogens is 1260 g/mol. The molecule has 570 valence electrons. The third-order valence-electron chi connectivity index (χ3n) is 18.0. The number of carbonyl (C=O) groups is 4. The van der Waals surface area contributed by atoms with E-state index < -0.39 is 97.5 Å². The summed E-state index contributed by atoms with van der Waals surface area (Å²) in [5, 5.41) is 10.6. The van der Waals surface area contributed by atoms with E-state index in [0.29, 0.717) is 31.6 Å². The van der Waals surface area contributed by atoms with Gasteiger partial charge in [0.1, 0.15) is 19.3 Å². The van der Waals surface area contributed by atoms with Crippen LogP contribution in [-0.4, -0.2) is 96.7 Å². The molecule has 0 radical (unpaired) electrons. The van der Waals surface area contributed by atoms with Gasteiger partial charge in [-0.05, 0) is 37.5 Å². The maximum atomic E-state index is 13.1. The molecule has 0 rings (SSSR count). The van der Waals surface area contributed by atoms with E-state index >= 15 is 0 Å². The van der Waals surface area contributed by atoms with Gasteiger partial charge in [0, 0.05) is 25.7 Å². The minimum atomic E-state index is -4.96. The Balaban J connectivity index is 5.22. The van der Waals surface area contributed by atoms with Crippen LogP contribution in [0.25, 0.3) is 0 Å². The predicted molar refractivity (Wildman–Crippen MR) is 391 cm³/mol. The van der Waals surface area contributed by atoms with Gasteiger partial charge in [-0.3, -0.25) is 37.3 Å². The first-order valence-electron chi connectivity index (χ1n) is 40.0. The average Bonchev–Trinajstić information content (AvgIpc) is 1.34. The van der Waals surface area contributed by atoms with Crippen LogP contribution >= 0.6 is 15.6 Å². The topological polar surface area (TPSA) is 237 Å². The van der Waals surface area contributed by atoms with Crippen molar-refractivity contribution >= 4 is 39.5 Å².